The highest BCUT2D eigenvalue weighted by atomic mass is 32.2. The standard InChI is InChI=1S/C22H37NO2S/c1-14(2)19-10-20(15(3)4)22(21(11-19)16(5)6)26(24,25)23-12-17(7)9-18(8)13-23/h10-11,14-18H,9,12-13H2,1-8H3. The van der Waals surface area contributed by atoms with Crippen molar-refractivity contribution in [3.8, 4) is 0 Å². The summed E-state index contributed by atoms with van der Waals surface area (Å²) in [6.45, 7) is 18.3. The van der Waals surface area contributed by atoms with Crippen molar-refractivity contribution in [2.24, 2.45) is 11.8 Å². The van der Waals surface area contributed by atoms with Gasteiger partial charge in [0.25, 0.3) is 0 Å². The Bertz CT molecular complexity index is 696. The van der Waals surface area contributed by atoms with Gasteiger partial charge in [-0.05, 0) is 52.7 Å². The van der Waals surface area contributed by atoms with Crippen molar-refractivity contribution in [2.45, 2.75) is 84.5 Å². The molecule has 2 unspecified atom stereocenters. The number of rotatable bonds is 5. The lowest BCUT2D eigenvalue weighted by molar-refractivity contribution is 0.222. The van der Waals surface area contributed by atoms with Crippen LogP contribution in [0.2, 0.25) is 0 Å². The second kappa shape index (κ2) is 8.02. The summed E-state index contributed by atoms with van der Waals surface area (Å²) in [6, 6.07) is 4.26. The van der Waals surface area contributed by atoms with Crippen molar-refractivity contribution < 1.29 is 8.42 Å². The lowest BCUT2D eigenvalue weighted by atomic mass is 9.89. The third kappa shape index (κ3) is 4.33. The van der Waals surface area contributed by atoms with Crippen LogP contribution in [0, 0.1) is 11.8 Å². The van der Waals surface area contributed by atoms with E-state index in [4.69, 9.17) is 0 Å². The third-order valence-corrected chi connectivity index (χ3v) is 7.48. The smallest absolute Gasteiger partial charge is 0.207 e. The van der Waals surface area contributed by atoms with Gasteiger partial charge in [0, 0.05) is 13.1 Å². The highest BCUT2D eigenvalue weighted by molar-refractivity contribution is 7.89. The third-order valence-electron chi connectivity index (χ3n) is 5.51. The van der Waals surface area contributed by atoms with Gasteiger partial charge in [-0.15, -0.1) is 0 Å². The zero-order valence-corrected chi connectivity index (χ0v) is 18.7. The van der Waals surface area contributed by atoms with E-state index in [9.17, 15) is 8.42 Å². The van der Waals surface area contributed by atoms with Crippen molar-refractivity contribution in [2.75, 3.05) is 13.1 Å². The molecule has 1 fully saturated rings. The molecule has 0 radical (unpaired) electrons. The molecule has 0 N–H and O–H groups in total. The van der Waals surface area contributed by atoms with Crippen LogP contribution in [0.4, 0.5) is 0 Å². The average Bonchev–Trinajstić information content (AvgIpc) is 2.52. The van der Waals surface area contributed by atoms with Crippen LogP contribution in [0.5, 0.6) is 0 Å². The van der Waals surface area contributed by atoms with E-state index in [1.165, 1.54) is 5.56 Å². The summed E-state index contributed by atoms with van der Waals surface area (Å²) >= 11 is 0. The van der Waals surface area contributed by atoms with E-state index in [2.05, 4.69) is 67.5 Å². The number of sulfonamides is 1. The molecule has 1 aromatic rings. The van der Waals surface area contributed by atoms with Crippen molar-refractivity contribution in [3.05, 3.63) is 28.8 Å². The quantitative estimate of drug-likeness (QED) is 0.656. The minimum absolute atomic E-state index is 0.176. The maximum atomic E-state index is 13.7. The van der Waals surface area contributed by atoms with Gasteiger partial charge in [0.2, 0.25) is 10.0 Å². The van der Waals surface area contributed by atoms with Gasteiger partial charge in [0.05, 0.1) is 4.90 Å². The molecule has 0 aromatic heterocycles. The number of hydrogen-bond acceptors (Lipinski definition) is 2. The Hall–Kier alpha value is -0.870. The van der Waals surface area contributed by atoms with Crippen LogP contribution in [-0.2, 0) is 10.0 Å². The predicted octanol–water partition coefficient (Wildman–Crippen LogP) is 5.72. The molecule has 1 heterocycles. The van der Waals surface area contributed by atoms with Gasteiger partial charge in [0.1, 0.15) is 0 Å². The van der Waals surface area contributed by atoms with Gasteiger partial charge in [-0.2, -0.15) is 4.31 Å². The Morgan fingerprint density at radius 2 is 1.27 bits per heavy atom. The van der Waals surface area contributed by atoms with Crippen LogP contribution in [0.25, 0.3) is 0 Å². The number of hydrogen-bond donors (Lipinski definition) is 0. The Labute approximate surface area is 161 Å². The molecule has 2 rings (SSSR count). The van der Waals surface area contributed by atoms with E-state index in [0.717, 1.165) is 17.5 Å². The molecule has 0 saturated carbocycles. The first-order valence-corrected chi connectivity index (χ1v) is 11.6. The minimum atomic E-state index is -3.49. The average molecular weight is 380 g/mol. The number of piperidine rings is 1. The maximum absolute atomic E-state index is 13.7. The fraction of sp³-hybridized carbons (Fsp3) is 0.727. The van der Waals surface area contributed by atoms with E-state index in [-0.39, 0.29) is 11.8 Å². The van der Waals surface area contributed by atoms with Crippen molar-refractivity contribution in [1.29, 1.82) is 0 Å². The van der Waals surface area contributed by atoms with Gasteiger partial charge in [-0.25, -0.2) is 8.42 Å². The summed E-state index contributed by atoms with van der Waals surface area (Å²) < 4.78 is 29.2. The molecule has 148 valence electrons. The number of nitrogens with zero attached hydrogens (tertiary/aromatic N) is 1. The molecule has 0 aliphatic carbocycles. The molecule has 0 amide bonds. The molecule has 26 heavy (non-hydrogen) atoms. The summed E-state index contributed by atoms with van der Waals surface area (Å²) in [5, 5.41) is 0. The fourth-order valence-electron chi connectivity index (χ4n) is 4.12. The second-order valence-electron chi connectivity index (χ2n) is 9.26. The molecule has 3 nitrogen and oxygen atoms in total. The van der Waals surface area contributed by atoms with Crippen LogP contribution in [0.1, 0.15) is 96.3 Å². The van der Waals surface area contributed by atoms with Crippen LogP contribution < -0.4 is 0 Å². The first-order valence-electron chi connectivity index (χ1n) is 10.1. The Balaban J connectivity index is 2.69. The van der Waals surface area contributed by atoms with Gasteiger partial charge in [-0.1, -0.05) is 67.5 Å². The van der Waals surface area contributed by atoms with E-state index >= 15 is 0 Å². The molecule has 1 saturated heterocycles. The topological polar surface area (TPSA) is 37.4 Å². The highest BCUT2D eigenvalue weighted by Crippen LogP contribution is 2.38. The summed E-state index contributed by atoms with van der Waals surface area (Å²) in [4.78, 5) is 0.577. The molecule has 2 atom stereocenters. The van der Waals surface area contributed by atoms with Crippen LogP contribution in [-0.4, -0.2) is 25.8 Å². The fourth-order valence-corrected chi connectivity index (χ4v) is 6.46. The van der Waals surface area contributed by atoms with Crippen molar-refractivity contribution in [3.63, 3.8) is 0 Å². The summed E-state index contributed by atoms with van der Waals surface area (Å²) in [6.07, 6.45) is 1.10. The van der Waals surface area contributed by atoms with Gasteiger partial charge < -0.3 is 0 Å². The molecule has 0 spiro atoms. The van der Waals surface area contributed by atoms with E-state index < -0.39 is 10.0 Å². The summed E-state index contributed by atoms with van der Waals surface area (Å²) in [5.41, 5.74) is 3.19. The van der Waals surface area contributed by atoms with Crippen molar-refractivity contribution in [1.82, 2.24) is 4.31 Å². The van der Waals surface area contributed by atoms with Crippen LogP contribution in [0.15, 0.2) is 17.0 Å². The zero-order chi connectivity index (χ0) is 19.8. The zero-order valence-electron chi connectivity index (χ0n) is 17.8. The molecule has 1 aliphatic rings. The Morgan fingerprint density at radius 1 is 0.846 bits per heavy atom. The molecule has 1 aliphatic heterocycles. The number of benzene rings is 1. The van der Waals surface area contributed by atoms with Crippen molar-refractivity contribution >= 4 is 10.0 Å². The normalized spacial score (nSPS) is 22.6. The molecular formula is C22H37NO2S. The van der Waals surface area contributed by atoms with Gasteiger partial charge in [-0.3, -0.25) is 0 Å². The first-order chi connectivity index (χ1) is 11.9. The van der Waals surface area contributed by atoms with Gasteiger partial charge in [0.15, 0.2) is 0 Å². The predicted molar refractivity (Wildman–Crippen MR) is 110 cm³/mol. The highest BCUT2D eigenvalue weighted by Gasteiger charge is 2.35. The first kappa shape index (κ1) is 21.4. The monoisotopic (exact) mass is 379 g/mol. The molecular weight excluding hydrogens is 342 g/mol. The Morgan fingerprint density at radius 3 is 1.62 bits per heavy atom. The van der Waals surface area contributed by atoms with E-state index in [1.54, 1.807) is 4.31 Å². The molecule has 4 heteroatoms. The van der Waals surface area contributed by atoms with E-state index in [1.807, 2.05) is 0 Å². The van der Waals surface area contributed by atoms with Crippen LogP contribution in [0.3, 0.4) is 0 Å². The van der Waals surface area contributed by atoms with Gasteiger partial charge >= 0.3 is 0 Å². The Kier molecular flexibility index (Phi) is 6.61. The minimum Gasteiger partial charge on any atom is -0.207 e. The largest absolute Gasteiger partial charge is 0.243 e. The summed E-state index contributed by atoms with van der Waals surface area (Å²) in [7, 11) is -3.49. The maximum Gasteiger partial charge on any atom is 0.243 e. The van der Waals surface area contributed by atoms with E-state index in [0.29, 0.717) is 35.7 Å². The van der Waals surface area contributed by atoms with Crippen LogP contribution >= 0.6 is 0 Å². The second-order valence-corrected chi connectivity index (χ2v) is 11.1. The molecule has 0 bridgehead atoms. The SMILES string of the molecule is CC1CC(C)CN(S(=O)(=O)c2c(C(C)C)cc(C(C)C)cc2C(C)C)C1. The molecule has 1 aromatic carbocycles. The lowest BCUT2D eigenvalue weighted by Gasteiger charge is -2.35. The summed E-state index contributed by atoms with van der Waals surface area (Å²) in [5.74, 6) is 1.56. The lowest BCUT2D eigenvalue weighted by Crippen LogP contribution is -2.43.